The Morgan fingerprint density at radius 1 is 0.647 bits per heavy atom. The molecule has 3 rings (SSSR count). The molecular weight excluding hydrogens is 338 g/mol. The van der Waals surface area contributed by atoms with Crippen molar-refractivity contribution < 1.29 is 0 Å². The second-order valence-electron chi connectivity index (χ2n) is 4.05. The summed E-state index contributed by atoms with van der Waals surface area (Å²) in [5.41, 5.74) is 3.09. The summed E-state index contributed by atoms with van der Waals surface area (Å²) in [6.07, 6.45) is 0. The van der Waals surface area contributed by atoms with E-state index in [1.54, 1.807) is 11.1 Å². The Labute approximate surface area is 115 Å². The Bertz CT molecular complexity index is 431. The first kappa shape index (κ1) is 11.6. The van der Waals surface area contributed by atoms with E-state index in [-0.39, 0.29) is 0 Å². The van der Waals surface area contributed by atoms with E-state index >= 15 is 0 Å². The van der Waals surface area contributed by atoms with Gasteiger partial charge in [0.1, 0.15) is 0 Å². The van der Waals surface area contributed by atoms with Crippen molar-refractivity contribution >= 4 is 29.9 Å². The summed E-state index contributed by atoms with van der Waals surface area (Å²) in [6.45, 7) is 0. The van der Waals surface area contributed by atoms with Crippen molar-refractivity contribution in [3.05, 3.63) is 71.8 Å². The Kier molecular flexibility index (Phi) is 3.40. The molecule has 2 heteroatoms. The van der Waals surface area contributed by atoms with E-state index in [1.807, 2.05) is 0 Å². The van der Waals surface area contributed by atoms with Gasteiger partial charge in [0.2, 0.25) is 0 Å². The zero-order valence-electron chi connectivity index (χ0n) is 9.50. The van der Waals surface area contributed by atoms with Crippen LogP contribution in [-0.4, -0.2) is 29.9 Å². The van der Waals surface area contributed by atoms with Crippen LogP contribution in [0.25, 0.3) is 0 Å². The molecule has 1 aliphatic rings. The van der Waals surface area contributed by atoms with Crippen LogP contribution in [0.15, 0.2) is 60.7 Å². The average Bonchev–Trinajstić information content (AvgIpc) is 2.91. The summed E-state index contributed by atoms with van der Waals surface area (Å²) >= 11 is 1.44. The molecule has 0 unspecified atom stereocenters. The van der Waals surface area contributed by atoms with Crippen molar-refractivity contribution in [3.63, 3.8) is 0 Å². The van der Waals surface area contributed by atoms with E-state index in [0.717, 1.165) is 29.9 Å². The van der Waals surface area contributed by atoms with Crippen LogP contribution < -0.4 is 0 Å². The second kappa shape index (κ2) is 5.00. The fourth-order valence-corrected chi connectivity index (χ4v) is 11.0. The van der Waals surface area contributed by atoms with E-state index in [4.69, 9.17) is 0 Å². The molecule has 0 bridgehead atoms. The fourth-order valence-electron chi connectivity index (χ4n) is 2.23. The summed E-state index contributed by atoms with van der Waals surface area (Å²) in [6, 6.07) is 22.3. The van der Waals surface area contributed by atoms with E-state index in [1.165, 1.54) is 10.6 Å². The van der Waals surface area contributed by atoms with Crippen molar-refractivity contribution in [2.75, 3.05) is 0 Å². The molecule has 2 aromatic rings. The van der Waals surface area contributed by atoms with Gasteiger partial charge >= 0.3 is 116 Å². The van der Waals surface area contributed by atoms with Crippen molar-refractivity contribution in [1.82, 2.24) is 0 Å². The van der Waals surface area contributed by atoms with Gasteiger partial charge in [-0.2, -0.15) is 0 Å². The second-order valence-corrected chi connectivity index (χ2v) is 10.8. The standard InChI is InChI=1S/C15H14Se2/c1-3-7-13(8-4-1)15(16-11-12-17-15)14-9-5-2-6-10-14/h1-10H,11-12H2. The first-order chi connectivity index (χ1) is 8.42. The van der Waals surface area contributed by atoms with Crippen molar-refractivity contribution in [2.24, 2.45) is 0 Å². The molecule has 1 aliphatic heterocycles. The van der Waals surface area contributed by atoms with Gasteiger partial charge in [-0.1, -0.05) is 0 Å². The van der Waals surface area contributed by atoms with E-state index in [0.29, 0.717) is 3.21 Å². The summed E-state index contributed by atoms with van der Waals surface area (Å²) in [5.74, 6) is 0. The molecule has 17 heavy (non-hydrogen) atoms. The van der Waals surface area contributed by atoms with Gasteiger partial charge in [-0.15, -0.1) is 0 Å². The molecule has 0 atom stereocenters. The quantitative estimate of drug-likeness (QED) is 0.729. The van der Waals surface area contributed by atoms with E-state index in [9.17, 15) is 0 Å². The molecule has 86 valence electrons. The van der Waals surface area contributed by atoms with Crippen molar-refractivity contribution in [3.8, 4) is 0 Å². The topological polar surface area (TPSA) is 0 Å². The number of benzene rings is 2. The van der Waals surface area contributed by atoms with Crippen LogP contribution >= 0.6 is 0 Å². The van der Waals surface area contributed by atoms with E-state index in [2.05, 4.69) is 60.7 Å². The Balaban J connectivity index is 2.11. The average molecular weight is 352 g/mol. The molecule has 0 aliphatic carbocycles. The fraction of sp³-hybridized carbons (Fsp3) is 0.200. The molecule has 0 aromatic heterocycles. The predicted octanol–water partition coefficient (Wildman–Crippen LogP) is 3.15. The minimum atomic E-state index is 0.405. The first-order valence-electron chi connectivity index (χ1n) is 5.81. The van der Waals surface area contributed by atoms with Gasteiger partial charge in [0.05, 0.1) is 0 Å². The predicted molar refractivity (Wildman–Crippen MR) is 74.8 cm³/mol. The van der Waals surface area contributed by atoms with Gasteiger partial charge in [0.15, 0.2) is 0 Å². The number of rotatable bonds is 2. The summed E-state index contributed by atoms with van der Waals surface area (Å²) in [4.78, 5) is 0. The third-order valence-electron chi connectivity index (χ3n) is 3.00. The van der Waals surface area contributed by atoms with Gasteiger partial charge in [-0.05, 0) is 0 Å². The van der Waals surface area contributed by atoms with Crippen LogP contribution in [0.1, 0.15) is 11.1 Å². The van der Waals surface area contributed by atoms with Gasteiger partial charge in [0.25, 0.3) is 0 Å². The van der Waals surface area contributed by atoms with Gasteiger partial charge in [-0.25, -0.2) is 0 Å². The SMILES string of the molecule is c1ccc(C2(c3ccccc3)[Se]CC[Se]2)cc1. The Morgan fingerprint density at radius 2 is 1.06 bits per heavy atom. The summed E-state index contributed by atoms with van der Waals surface area (Å²) < 4.78 is 0.405. The molecule has 0 saturated carbocycles. The normalized spacial score (nSPS) is 18.1. The molecule has 1 heterocycles. The van der Waals surface area contributed by atoms with Gasteiger partial charge in [0, 0.05) is 0 Å². The maximum absolute atomic E-state index is 2.32. The van der Waals surface area contributed by atoms with Crippen molar-refractivity contribution in [1.29, 1.82) is 0 Å². The third-order valence-corrected chi connectivity index (χ3v) is 12.3. The summed E-state index contributed by atoms with van der Waals surface area (Å²) in [7, 11) is 0. The van der Waals surface area contributed by atoms with Crippen LogP contribution in [0.3, 0.4) is 0 Å². The molecule has 0 amide bonds. The molecular formula is C15H14Se2. The Hall–Kier alpha value is -0.521. The monoisotopic (exact) mass is 354 g/mol. The molecule has 2 aromatic carbocycles. The maximum atomic E-state index is 2.32. The molecule has 1 fully saturated rings. The van der Waals surface area contributed by atoms with Crippen LogP contribution in [0.5, 0.6) is 0 Å². The van der Waals surface area contributed by atoms with Crippen LogP contribution in [0, 0.1) is 0 Å². The van der Waals surface area contributed by atoms with E-state index < -0.39 is 0 Å². The zero-order chi connectivity index (χ0) is 11.6. The van der Waals surface area contributed by atoms with Gasteiger partial charge in [-0.3, -0.25) is 0 Å². The van der Waals surface area contributed by atoms with Crippen LogP contribution in [-0.2, 0) is 3.21 Å². The molecule has 0 radical (unpaired) electrons. The van der Waals surface area contributed by atoms with Crippen LogP contribution in [0.2, 0.25) is 10.6 Å². The number of hydrogen-bond donors (Lipinski definition) is 0. The molecule has 0 N–H and O–H groups in total. The number of hydrogen-bond acceptors (Lipinski definition) is 0. The van der Waals surface area contributed by atoms with Crippen molar-refractivity contribution in [2.45, 2.75) is 13.9 Å². The minimum absolute atomic E-state index is 0.405. The van der Waals surface area contributed by atoms with Crippen LogP contribution in [0.4, 0.5) is 0 Å². The Morgan fingerprint density at radius 3 is 1.47 bits per heavy atom. The van der Waals surface area contributed by atoms with Gasteiger partial charge < -0.3 is 0 Å². The first-order valence-corrected chi connectivity index (χ1v) is 9.94. The molecule has 0 nitrogen and oxygen atoms in total. The zero-order valence-corrected chi connectivity index (χ0v) is 12.9. The molecule has 0 spiro atoms. The molecule has 1 saturated heterocycles. The summed E-state index contributed by atoms with van der Waals surface area (Å²) in [5, 5.41) is 2.88. The third kappa shape index (κ3) is 2.11.